The van der Waals surface area contributed by atoms with Crippen molar-refractivity contribution in [1.82, 2.24) is 0 Å². The molecule has 0 aromatic carbocycles. The average Bonchev–Trinajstić information content (AvgIpc) is 2.83. The largest absolute Gasteiger partial charge is 0.394 e. The molecule has 0 aliphatic carbocycles. The molecular weight excluding hydrogens is 472 g/mol. The minimum Gasteiger partial charge on any atom is -0.394 e. The number of hydrogen-bond donors (Lipinski definition) is 11. The van der Waals surface area contributed by atoms with Crippen LogP contribution in [0.4, 0.5) is 0 Å². The summed E-state index contributed by atoms with van der Waals surface area (Å²) in [7, 11) is 0. The van der Waals surface area contributed by atoms with Crippen molar-refractivity contribution < 1.29 is 79.9 Å². The van der Waals surface area contributed by atoms with Gasteiger partial charge in [0.1, 0.15) is 73.2 Å². The molecule has 200 valence electrons. The Morgan fingerprint density at radius 3 is 1.47 bits per heavy atom. The highest BCUT2D eigenvalue weighted by molar-refractivity contribution is 4.96. The van der Waals surface area contributed by atoms with Crippen LogP contribution in [0.3, 0.4) is 0 Å². The first-order chi connectivity index (χ1) is 16.0. The topological polar surface area (TPSA) is 269 Å². The standard InChI is InChI=1S/C18H32O16/c19-1-4-7(22)9(24)11(26)17(31-4)33-14-6(3-21)32-18(12(27)10(14)25)34-15-8(23)5(2-20)30-16(29)13(15)28/h4-29H,1-3H2/t4-,5-,6-,7+,8-,9+,10-,11-,12-,13-,14-,15+,16-,17+,18+/m1/s1. The number of hydrogen-bond acceptors (Lipinski definition) is 16. The molecule has 0 unspecified atom stereocenters. The van der Waals surface area contributed by atoms with Gasteiger partial charge in [-0.15, -0.1) is 0 Å². The van der Waals surface area contributed by atoms with Crippen LogP contribution in [0.15, 0.2) is 0 Å². The molecule has 0 amide bonds. The Balaban J connectivity index is 1.72. The SMILES string of the molecule is OC[C@H]1O[C@@H](O[C@H]2[C@H](O)[C@@H](O)[C@H](O[C@@H]3[C@@H](O)[C@H](O)O[C@H](CO)[C@H]3O)O[C@@H]2CO)[C@H](O)[C@@H](O)[C@H]1O. The molecule has 0 aromatic rings. The first-order valence-electron chi connectivity index (χ1n) is 10.6. The van der Waals surface area contributed by atoms with Crippen molar-refractivity contribution in [1.29, 1.82) is 0 Å². The quantitative estimate of drug-likeness (QED) is 0.154. The fourth-order valence-electron chi connectivity index (χ4n) is 4.05. The Kier molecular flexibility index (Phi) is 9.54. The van der Waals surface area contributed by atoms with E-state index in [-0.39, 0.29) is 0 Å². The molecule has 16 nitrogen and oxygen atoms in total. The van der Waals surface area contributed by atoms with Crippen molar-refractivity contribution in [2.75, 3.05) is 19.8 Å². The van der Waals surface area contributed by atoms with Crippen LogP contribution in [-0.4, -0.2) is 168 Å². The lowest BCUT2D eigenvalue weighted by atomic mass is 9.96. The number of ether oxygens (including phenoxy) is 5. The summed E-state index contributed by atoms with van der Waals surface area (Å²) in [6.45, 7) is -2.31. The van der Waals surface area contributed by atoms with Gasteiger partial charge in [-0.25, -0.2) is 0 Å². The number of aliphatic hydroxyl groups is 11. The Labute approximate surface area is 192 Å². The van der Waals surface area contributed by atoms with Gasteiger partial charge in [0.25, 0.3) is 0 Å². The Morgan fingerprint density at radius 1 is 0.441 bits per heavy atom. The van der Waals surface area contributed by atoms with E-state index in [4.69, 9.17) is 23.7 Å². The molecular formula is C18H32O16. The molecule has 0 spiro atoms. The molecule has 15 atom stereocenters. The predicted molar refractivity (Wildman–Crippen MR) is 101 cm³/mol. The van der Waals surface area contributed by atoms with Crippen LogP contribution >= 0.6 is 0 Å². The normalized spacial score (nSPS) is 52.5. The van der Waals surface area contributed by atoms with Crippen LogP contribution in [0, 0.1) is 0 Å². The second kappa shape index (κ2) is 11.6. The number of rotatable bonds is 7. The van der Waals surface area contributed by atoms with Gasteiger partial charge < -0.3 is 79.9 Å². The Morgan fingerprint density at radius 2 is 0.912 bits per heavy atom. The van der Waals surface area contributed by atoms with Gasteiger partial charge in [0.15, 0.2) is 18.9 Å². The molecule has 0 saturated carbocycles. The lowest BCUT2D eigenvalue weighted by molar-refractivity contribution is -0.378. The second-order valence-corrected chi connectivity index (χ2v) is 8.33. The van der Waals surface area contributed by atoms with E-state index in [1.807, 2.05) is 0 Å². The molecule has 16 heteroatoms. The maximum atomic E-state index is 10.6. The lowest BCUT2D eigenvalue weighted by Crippen LogP contribution is -2.66. The fourth-order valence-corrected chi connectivity index (χ4v) is 4.05. The maximum Gasteiger partial charge on any atom is 0.187 e. The monoisotopic (exact) mass is 504 g/mol. The summed E-state index contributed by atoms with van der Waals surface area (Å²) in [5.41, 5.74) is 0. The zero-order valence-electron chi connectivity index (χ0n) is 17.7. The molecule has 3 rings (SSSR count). The van der Waals surface area contributed by atoms with Crippen LogP contribution in [0.5, 0.6) is 0 Å². The molecule has 3 aliphatic rings. The van der Waals surface area contributed by atoms with E-state index in [1.54, 1.807) is 0 Å². The van der Waals surface area contributed by atoms with E-state index in [9.17, 15) is 56.2 Å². The molecule has 3 saturated heterocycles. The highest BCUT2D eigenvalue weighted by atomic mass is 16.7. The summed E-state index contributed by atoms with van der Waals surface area (Å²) >= 11 is 0. The van der Waals surface area contributed by atoms with Crippen molar-refractivity contribution in [3.05, 3.63) is 0 Å². The van der Waals surface area contributed by atoms with E-state index in [0.29, 0.717) is 0 Å². The third-order valence-electron chi connectivity index (χ3n) is 6.09. The van der Waals surface area contributed by atoms with Gasteiger partial charge in [0, 0.05) is 0 Å². The summed E-state index contributed by atoms with van der Waals surface area (Å²) < 4.78 is 26.2. The third kappa shape index (κ3) is 5.37. The summed E-state index contributed by atoms with van der Waals surface area (Å²) in [4.78, 5) is 0. The summed E-state index contributed by atoms with van der Waals surface area (Å²) in [6.07, 6.45) is -25.3. The summed E-state index contributed by atoms with van der Waals surface area (Å²) in [6, 6.07) is 0. The van der Waals surface area contributed by atoms with Gasteiger partial charge in [-0.3, -0.25) is 0 Å². The van der Waals surface area contributed by atoms with Crippen molar-refractivity contribution in [3.8, 4) is 0 Å². The van der Waals surface area contributed by atoms with Crippen molar-refractivity contribution in [2.24, 2.45) is 0 Å². The van der Waals surface area contributed by atoms with Gasteiger partial charge >= 0.3 is 0 Å². The average molecular weight is 504 g/mol. The molecule has 34 heavy (non-hydrogen) atoms. The van der Waals surface area contributed by atoms with E-state index in [0.717, 1.165) is 0 Å². The first kappa shape index (κ1) is 27.9. The van der Waals surface area contributed by atoms with E-state index in [1.165, 1.54) is 0 Å². The zero-order chi connectivity index (χ0) is 25.3. The van der Waals surface area contributed by atoms with E-state index in [2.05, 4.69) is 0 Å². The molecule has 0 aromatic heterocycles. The maximum absolute atomic E-state index is 10.6. The van der Waals surface area contributed by atoms with Gasteiger partial charge in [-0.1, -0.05) is 0 Å². The van der Waals surface area contributed by atoms with Crippen LogP contribution in [-0.2, 0) is 23.7 Å². The fraction of sp³-hybridized carbons (Fsp3) is 1.00. The van der Waals surface area contributed by atoms with Crippen LogP contribution in [0.25, 0.3) is 0 Å². The molecule has 3 aliphatic heterocycles. The van der Waals surface area contributed by atoms with Gasteiger partial charge in [-0.05, 0) is 0 Å². The van der Waals surface area contributed by atoms with Gasteiger partial charge in [0.05, 0.1) is 19.8 Å². The van der Waals surface area contributed by atoms with Crippen molar-refractivity contribution in [3.63, 3.8) is 0 Å². The van der Waals surface area contributed by atoms with Crippen molar-refractivity contribution in [2.45, 2.75) is 92.1 Å². The Bertz CT molecular complexity index is 637. The molecule has 3 fully saturated rings. The van der Waals surface area contributed by atoms with Crippen LogP contribution < -0.4 is 0 Å². The minimum atomic E-state index is -1.93. The first-order valence-corrected chi connectivity index (χ1v) is 10.6. The van der Waals surface area contributed by atoms with E-state index < -0.39 is 112 Å². The molecule has 0 bridgehead atoms. The predicted octanol–water partition coefficient (Wildman–Crippen LogP) is -7.57. The van der Waals surface area contributed by atoms with Crippen LogP contribution in [0.2, 0.25) is 0 Å². The summed E-state index contributed by atoms with van der Waals surface area (Å²) in [5.74, 6) is 0. The number of aliphatic hydroxyl groups excluding tert-OH is 11. The minimum absolute atomic E-state index is 0.740. The van der Waals surface area contributed by atoms with Crippen LogP contribution in [0.1, 0.15) is 0 Å². The lowest BCUT2D eigenvalue weighted by Gasteiger charge is -2.47. The van der Waals surface area contributed by atoms with Gasteiger partial charge in [-0.2, -0.15) is 0 Å². The second-order valence-electron chi connectivity index (χ2n) is 8.33. The molecule has 3 heterocycles. The van der Waals surface area contributed by atoms with E-state index >= 15 is 0 Å². The van der Waals surface area contributed by atoms with Gasteiger partial charge in [0.2, 0.25) is 0 Å². The Hall–Kier alpha value is -0.640. The molecule has 11 N–H and O–H groups in total. The smallest absolute Gasteiger partial charge is 0.187 e. The highest BCUT2D eigenvalue weighted by Crippen LogP contribution is 2.32. The third-order valence-corrected chi connectivity index (χ3v) is 6.09. The molecule has 0 radical (unpaired) electrons. The highest BCUT2D eigenvalue weighted by Gasteiger charge is 2.53. The zero-order valence-corrected chi connectivity index (χ0v) is 17.7. The van der Waals surface area contributed by atoms with Crippen molar-refractivity contribution >= 4 is 0 Å². The summed E-state index contributed by atoms with van der Waals surface area (Å²) in [5, 5.41) is 109.